The van der Waals surface area contributed by atoms with Crippen LogP contribution >= 0.6 is 11.6 Å². The molecule has 0 aromatic heterocycles. The quantitative estimate of drug-likeness (QED) is 0.902. The highest BCUT2D eigenvalue weighted by Crippen LogP contribution is 2.26. The lowest BCUT2D eigenvalue weighted by Crippen LogP contribution is -2.02. The Kier molecular flexibility index (Phi) is 4.53. The Morgan fingerprint density at radius 1 is 1.10 bits per heavy atom. The average Bonchev–Trinajstić information content (AvgIpc) is 2.43. The smallest absolute Gasteiger partial charge is 0.335 e. The lowest BCUT2D eigenvalue weighted by molar-refractivity contribution is 0.0696. The molecule has 0 unspecified atom stereocenters. The normalized spacial score (nSPS) is 10.5. The summed E-state index contributed by atoms with van der Waals surface area (Å²) in [4.78, 5) is 10.9. The maximum atomic E-state index is 10.9. The van der Waals surface area contributed by atoms with Gasteiger partial charge in [-0.2, -0.15) is 0 Å². The van der Waals surface area contributed by atoms with Crippen LogP contribution in [0.3, 0.4) is 0 Å². The van der Waals surface area contributed by atoms with E-state index < -0.39 is 5.97 Å². The molecule has 0 saturated carbocycles. The number of carboxylic acids is 1. The SMILES string of the molecule is Cc1cc(C(=O)O)ccc1COc1cc(C)c(Cl)c(C)c1. The van der Waals surface area contributed by atoms with Gasteiger partial charge in [0.15, 0.2) is 0 Å². The maximum absolute atomic E-state index is 10.9. The number of aromatic carboxylic acids is 1. The summed E-state index contributed by atoms with van der Waals surface area (Å²) < 4.78 is 5.78. The number of ether oxygens (including phenoxy) is 1. The molecule has 0 aliphatic carbocycles. The minimum absolute atomic E-state index is 0.287. The molecule has 0 amide bonds. The van der Waals surface area contributed by atoms with Gasteiger partial charge in [0.2, 0.25) is 0 Å². The number of benzene rings is 2. The maximum Gasteiger partial charge on any atom is 0.335 e. The highest BCUT2D eigenvalue weighted by Gasteiger charge is 2.07. The molecule has 3 nitrogen and oxygen atoms in total. The molecule has 0 aliphatic heterocycles. The zero-order valence-corrected chi connectivity index (χ0v) is 13.0. The van der Waals surface area contributed by atoms with Crippen LogP contribution in [0.4, 0.5) is 0 Å². The summed E-state index contributed by atoms with van der Waals surface area (Å²) in [7, 11) is 0. The minimum Gasteiger partial charge on any atom is -0.489 e. The number of carbonyl (C=O) groups is 1. The third kappa shape index (κ3) is 3.56. The van der Waals surface area contributed by atoms with Gasteiger partial charge in [0, 0.05) is 5.02 Å². The van der Waals surface area contributed by atoms with E-state index in [0.717, 1.165) is 33.0 Å². The Hall–Kier alpha value is -2.00. The second-order valence-corrected chi connectivity index (χ2v) is 5.48. The van der Waals surface area contributed by atoms with Gasteiger partial charge in [-0.3, -0.25) is 0 Å². The van der Waals surface area contributed by atoms with Crippen LogP contribution in [0, 0.1) is 20.8 Å². The Labute approximate surface area is 129 Å². The van der Waals surface area contributed by atoms with E-state index in [4.69, 9.17) is 21.4 Å². The highest BCUT2D eigenvalue weighted by molar-refractivity contribution is 6.32. The fourth-order valence-electron chi connectivity index (χ4n) is 2.14. The molecular weight excluding hydrogens is 288 g/mol. The van der Waals surface area contributed by atoms with Crippen LogP contribution in [0.25, 0.3) is 0 Å². The number of rotatable bonds is 4. The molecule has 0 radical (unpaired) electrons. The third-order valence-electron chi connectivity index (χ3n) is 3.39. The van der Waals surface area contributed by atoms with E-state index in [1.165, 1.54) is 0 Å². The number of hydrogen-bond donors (Lipinski definition) is 1. The van der Waals surface area contributed by atoms with Crippen molar-refractivity contribution in [1.29, 1.82) is 0 Å². The van der Waals surface area contributed by atoms with Crippen molar-refractivity contribution in [2.75, 3.05) is 0 Å². The summed E-state index contributed by atoms with van der Waals surface area (Å²) in [5.74, 6) is -0.161. The van der Waals surface area contributed by atoms with Crippen molar-refractivity contribution in [3.05, 3.63) is 63.2 Å². The van der Waals surface area contributed by atoms with Crippen LogP contribution in [0.5, 0.6) is 5.75 Å². The zero-order chi connectivity index (χ0) is 15.6. The van der Waals surface area contributed by atoms with Crippen LogP contribution in [-0.4, -0.2) is 11.1 Å². The van der Waals surface area contributed by atoms with E-state index in [9.17, 15) is 4.79 Å². The first-order valence-electron chi connectivity index (χ1n) is 6.61. The Morgan fingerprint density at radius 2 is 1.71 bits per heavy atom. The average molecular weight is 305 g/mol. The van der Waals surface area contributed by atoms with Crippen LogP contribution in [0.1, 0.15) is 32.6 Å². The third-order valence-corrected chi connectivity index (χ3v) is 3.99. The summed E-state index contributed by atoms with van der Waals surface area (Å²) in [6, 6.07) is 8.83. The first-order valence-corrected chi connectivity index (χ1v) is 6.98. The monoisotopic (exact) mass is 304 g/mol. The van der Waals surface area contributed by atoms with Crippen molar-refractivity contribution in [2.45, 2.75) is 27.4 Å². The molecule has 0 aliphatic rings. The topological polar surface area (TPSA) is 46.5 Å². The predicted molar refractivity (Wildman–Crippen MR) is 83.4 cm³/mol. The first kappa shape index (κ1) is 15.4. The number of aryl methyl sites for hydroxylation is 3. The van der Waals surface area contributed by atoms with Crippen LogP contribution < -0.4 is 4.74 Å². The van der Waals surface area contributed by atoms with Crippen molar-refractivity contribution < 1.29 is 14.6 Å². The van der Waals surface area contributed by atoms with Gasteiger partial charge in [0.05, 0.1) is 5.56 Å². The van der Waals surface area contributed by atoms with E-state index >= 15 is 0 Å². The van der Waals surface area contributed by atoms with E-state index in [2.05, 4.69) is 0 Å². The molecule has 2 aromatic rings. The van der Waals surface area contributed by atoms with Crippen LogP contribution in [0.2, 0.25) is 5.02 Å². The standard InChI is InChI=1S/C17H17ClO3/c1-10-6-13(17(19)20)4-5-14(10)9-21-15-7-11(2)16(18)12(3)8-15/h4-8H,9H2,1-3H3,(H,19,20). The fraction of sp³-hybridized carbons (Fsp3) is 0.235. The molecule has 1 N–H and O–H groups in total. The zero-order valence-electron chi connectivity index (χ0n) is 12.2. The van der Waals surface area contributed by atoms with Crippen molar-refractivity contribution in [1.82, 2.24) is 0 Å². The van der Waals surface area contributed by atoms with Gasteiger partial charge in [0.25, 0.3) is 0 Å². The lowest BCUT2D eigenvalue weighted by Gasteiger charge is -2.12. The van der Waals surface area contributed by atoms with E-state index in [1.807, 2.05) is 32.9 Å². The van der Waals surface area contributed by atoms with Gasteiger partial charge < -0.3 is 9.84 Å². The minimum atomic E-state index is -0.922. The van der Waals surface area contributed by atoms with Gasteiger partial charge in [0.1, 0.15) is 12.4 Å². The fourth-order valence-corrected chi connectivity index (χ4v) is 2.25. The number of halogens is 1. The largest absolute Gasteiger partial charge is 0.489 e. The van der Waals surface area contributed by atoms with Crippen LogP contribution in [0.15, 0.2) is 30.3 Å². The van der Waals surface area contributed by atoms with Gasteiger partial charge in [-0.25, -0.2) is 4.79 Å². The summed E-state index contributed by atoms with van der Waals surface area (Å²) in [5, 5.41) is 9.71. The summed E-state index contributed by atoms with van der Waals surface area (Å²) in [5.41, 5.74) is 4.10. The molecule has 0 saturated heterocycles. The molecule has 110 valence electrons. The van der Waals surface area contributed by atoms with Gasteiger partial charge >= 0.3 is 5.97 Å². The molecule has 0 heterocycles. The molecule has 2 aromatic carbocycles. The molecule has 2 rings (SSSR count). The molecule has 21 heavy (non-hydrogen) atoms. The predicted octanol–water partition coefficient (Wildman–Crippen LogP) is 4.54. The summed E-state index contributed by atoms with van der Waals surface area (Å²) in [6.45, 7) is 6.15. The molecule has 4 heteroatoms. The molecule has 0 atom stereocenters. The van der Waals surface area contributed by atoms with Gasteiger partial charge in [-0.1, -0.05) is 17.7 Å². The summed E-state index contributed by atoms with van der Waals surface area (Å²) in [6.07, 6.45) is 0. The van der Waals surface area contributed by atoms with Crippen molar-refractivity contribution in [2.24, 2.45) is 0 Å². The number of carboxylic acid groups (broad SMARTS) is 1. The second kappa shape index (κ2) is 6.19. The first-order chi connectivity index (χ1) is 9.88. The Bertz CT molecular complexity index is 669. The van der Waals surface area contributed by atoms with Gasteiger partial charge in [-0.05, 0) is 67.3 Å². The highest BCUT2D eigenvalue weighted by atomic mass is 35.5. The van der Waals surface area contributed by atoms with E-state index in [1.54, 1.807) is 18.2 Å². The van der Waals surface area contributed by atoms with Crippen molar-refractivity contribution >= 4 is 17.6 Å². The van der Waals surface area contributed by atoms with Crippen molar-refractivity contribution in [3.63, 3.8) is 0 Å². The second-order valence-electron chi connectivity index (χ2n) is 5.11. The van der Waals surface area contributed by atoms with E-state index in [0.29, 0.717) is 6.61 Å². The van der Waals surface area contributed by atoms with Crippen LogP contribution in [-0.2, 0) is 6.61 Å². The molecule has 0 fully saturated rings. The molecule has 0 bridgehead atoms. The Balaban J connectivity index is 2.15. The lowest BCUT2D eigenvalue weighted by atomic mass is 10.1. The number of hydrogen-bond acceptors (Lipinski definition) is 2. The summed E-state index contributed by atoms with van der Waals surface area (Å²) >= 11 is 6.13. The van der Waals surface area contributed by atoms with Gasteiger partial charge in [-0.15, -0.1) is 0 Å². The van der Waals surface area contributed by atoms with Crippen molar-refractivity contribution in [3.8, 4) is 5.75 Å². The van der Waals surface area contributed by atoms with E-state index in [-0.39, 0.29) is 5.56 Å². The molecule has 0 spiro atoms. The molecular formula is C17H17ClO3. The Morgan fingerprint density at radius 3 is 2.24 bits per heavy atom.